The smallest absolute Gasteiger partial charge is 0.426 e. The maximum absolute atomic E-state index is 12.4. The Morgan fingerprint density at radius 3 is 2.68 bits per heavy atom. The number of aryl methyl sites for hydroxylation is 3. The van der Waals surface area contributed by atoms with Crippen molar-refractivity contribution in [3.8, 4) is 0 Å². The number of imidazole rings is 1. The van der Waals surface area contributed by atoms with Crippen molar-refractivity contribution < 1.29 is 14.8 Å². The second-order valence-corrected chi connectivity index (χ2v) is 7.01. The van der Waals surface area contributed by atoms with Gasteiger partial charge in [-0.25, -0.2) is 4.98 Å². The SMILES string of the molecule is CCc1cccc(CC(NC(=O)CCn2c(C)nc3ccccc32)B(O)O)c1. The number of rotatable bonds is 8. The number of carbonyl (C=O) groups is 1. The van der Waals surface area contributed by atoms with E-state index in [0.717, 1.165) is 28.8 Å². The lowest BCUT2D eigenvalue weighted by Crippen LogP contribution is -2.48. The molecule has 6 nitrogen and oxygen atoms in total. The number of aromatic nitrogens is 2. The molecule has 7 heteroatoms. The first kappa shape index (κ1) is 20.1. The van der Waals surface area contributed by atoms with Crippen molar-refractivity contribution in [3.63, 3.8) is 0 Å². The molecule has 1 heterocycles. The van der Waals surface area contributed by atoms with Crippen LogP contribution < -0.4 is 5.32 Å². The van der Waals surface area contributed by atoms with Crippen LogP contribution in [-0.2, 0) is 24.2 Å². The van der Waals surface area contributed by atoms with Gasteiger partial charge in [-0.15, -0.1) is 0 Å². The first-order valence-corrected chi connectivity index (χ1v) is 9.63. The van der Waals surface area contributed by atoms with Crippen molar-refractivity contribution in [2.24, 2.45) is 0 Å². The highest BCUT2D eigenvalue weighted by molar-refractivity contribution is 6.43. The Morgan fingerprint density at radius 1 is 1.18 bits per heavy atom. The molecular weight excluding hydrogens is 353 g/mol. The predicted molar refractivity (Wildman–Crippen MR) is 111 cm³/mol. The molecule has 0 bridgehead atoms. The number of carbonyl (C=O) groups excluding carboxylic acids is 1. The largest absolute Gasteiger partial charge is 0.475 e. The van der Waals surface area contributed by atoms with Crippen molar-refractivity contribution in [2.75, 3.05) is 0 Å². The van der Waals surface area contributed by atoms with E-state index < -0.39 is 13.1 Å². The molecule has 1 amide bonds. The Kier molecular flexibility index (Phi) is 6.49. The Morgan fingerprint density at radius 2 is 1.93 bits per heavy atom. The summed E-state index contributed by atoms with van der Waals surface area (Å²) in [6.45, 7) is 4.47. The van der Waals surface area contributed by atoms with Crippen molar-refractivity contribution in [3.05, 3.63) is 65.5 Å². The van der Waals surface area contributed by atoms with Crippen LogP contribution in [0.1, 0.15) is 30.3 Å². The average Bonchev–Trinajstić information content (AvgIpc) is 3.01. The maximum Gasteiger partial charge on any atom is 0.475 e. The van der Waals surface area contributed by atoms with Gasteiger partial charge in [-0.2, -0.15) is 0 Å². The lowest BCUT2D eigenvalue weighted by molar-refractivity contribution is -0.121. The molecule has 0 aliphatic carbocycles. The summed E-state index contributed by atoms with van der Waals surface area (Å²) in [5, 5.41) is 22.2. The summed E-state index contributed by atoms with van der Waals surface area (Å²) in [4.78, 5) is 17.0. The summed E-state index contributed by atoms with van der Waals surface area (Å²) < 4.78 is 2.00. The standard InChI is InChI=1S/C21H26BN3O3/c1-3-16-7-6-8-17(13-16)14-20(22(27)28)24-21(26)11-12-25-15(2)23-18-9-4-5-10-19(18)25/h4-10,13,20,27-28H,3,11-12,14H2,1-2H3,(H,24,26). The van der Waals surface area contributed by atoms with Gasteiger partial charge in [-0.05, 0) is 43.0 Å². The number of nitrogens with one attached hydrogen (secondary N) is 1. The van der Waals surface area contributed by atoms with Gasteiger partial charge in [-0.1, -0.05) is 43.3 Å². The summed E-state index contributed by atoms with van der Waals surface area (Å²) in [6, 6.07) is 15.8. The number of fused-ring (bicyclic) bond motifs is 1. The van der Waals surface area contributed by atoms with Gasteiger partial charge in [-0.3, -0.25) is 4.79 Å². The van der Waals surface area contributed by atoms with Gasteiger partial charge in [0.05, 0.1) is 17.0 Å². The summed E-state index contributed by atoms with van der Waals surface area (Å²) >= 11 is 0. The molecule has 146 valence electrons. The molecule has 0 fully saturated rings. The zero-order valence-corrected chi connectivity index (χ0v) is 16.3. The van der Waals surface area contributed by atoms with Gasteiger partial charge in [0, 0.05) is 13.0 Å². The topological polar surface area (TPSA) is 87.4 Å². The van der Waals surface area contributed by atoms with Crippen LogP contribution in [-0.4, -0.2) is 38.6 Å². The van der Waals surface area contributed by atoms with E-state index in [1.54, 1.807) is 0 Å². The van der Waals surface area contributed by atoms with Crippen LogP contribution >= 0.6 is 0 Å². The summed E-state index contributed by atoms with van der Waals surface area (Å²) in [7, 11) is -1.62. The zero-order chi connectivity index (χ0) is 20.1. The lowest BCUT2D eigenvalue weighted by Gasteiger charge is -2.18. The van der Waals surface area contributed by atoms with Gasteiger partial charge in [0.25, 0.3) is 0 Å². The van der Waals surface area contributed by atoms with E-state index in [9.17, 15) is 14.8 Å². The molecule has 1 aromatic heterocycles. The van der Waals surface area contributed by atoms with Gasteiger partial charge in [0.1, 0.15) is 5.82 Å². The Bertz CT molecular complexity index is 955. The minimum atomic E-state index is -1.62. The summed E-state index contributed by atoms with van der Waals surface area (Å²) in [5.41, 5.74) is 4.04. The summed E-state index contributed by atoms with van der Waals surface area (Å²) in [5.74, 6) is -0.119. The van der Waals surface area contributed by atoms with Crippen LogP contribution in [0.3, 0.4) is 0 Å². The molecule has 28 heavy (non-hydrogen) atoms. The number of benzene rings is 2. The highest BCUT2D eigenvalue weighted by atomic mass is 16.4. The minimum Gasteiger partial charge on any atom is -0.426 e. The first-order chi connectivity index (χ1) is 13.5. The third kappa shape index (κ3) is 4.80. The van der Waals surface area contributed by atoms with Crippen molar-refractivity contribution in [2.45, 2.75) is 45.6 Å². The molecule has 0 radical (unpaired) electrons. The number of para-hydroxylation sites is 2. The van der Waals surface area contributed by atoms with Gasteiger partial charge in [0.15, 0.2) is 0 Å². The second-order valence-electron chi connectivity index (χ2n) is 7.01. The molecule has 0 aliphatic rings. The second kappa shape index (κ2) is 9.04. The maximum atomic E-state index is 12.4. The van der Waals surface area contributed by atoms with Crippen molar-refractivity contribution in [1.82, 2.24) is 14.9 Å². The normalized spacial score (nSPS) is 12.1. The molecule has 1 atom stereocenters. The van der Waals surface area contributed by atoms with Crippen LogP contribution in [0.2, 0.25) is 0 Å². The van der Waals surface area contributed by atoms with Gasteiger partial charge >= 0.3 is 7.12 Å². The third-order valence-electron chi connectivity index (χ3n) is 4.97. The van der Waals surface area contributed by atoms with Crippen LogP contribution in [0, 0.1) is 6.92 Å². The zero-order valence-electron chi connectivity index (χ0n) is 16.3. The van der Waals surface area contributed by atoms with E-state index in [0.29, 0.717) is 13.0 Å². The molecule has 2 aromatic carbocycles. The fourth-order valence-electron chi connectivity index (χ4n) is 3.43. The van der Waals surface area contributed by atoms with Gasteiger partial charge < -0.3 is 19.9 Å². The fourth-order valence-corrected chi connectivity index (χ4v) is 3.43. The predicted octanol–water partition coefficient (Wildman–Crippen LogP) is 2.04. The molecule has 1 unspecified atom stereocenters. The van der Waals surface area contributed by atoms with E-state index in [-0.39, 0.29) is 12.3 Å². The van der Waals surface area contributed by atoms with Crippen molar-refractivity contribution >= 4 is 24.1 Å². The Labute approximate surface area is 165 Å². The van der Waals surface area contributed by atoms with Crippen LogP contribution in [0.4, 0.5) is 0 Å². The Hall–Kier alpha value is -2.64. The molecule has 3 rings (SSSR count). The first-order valence-electron chi connectivity index (χ1n) is 9.63. The molecule has 0 saturated heterocycles. The summed E-state index contributed by atoms with van der Waals surface area (Å²) in [6.07, 6.45) is 1.51. The number of hydrogen-bond donors (Lipinski definition) is 3. The number of hydrogen-bond acceptors (Lipinski definition) is 4. The monoisotopic (exact) mass is 379 g/mol. The average molecular weight is 379 g/mol. The molecular formula is C21H26BN3O3. The highest BCUT2D eigenvalue weighted by Crippen LogP contribution is 2.16. The van der Waals surface area contributed by atoms with E-state index in [2.05, 4.69) is 17.2 Å². The molecule has 0 saturated carbocycles. The Balaban J connectivity index is 1.63. The van der Waals surface area contributed by atoms with E-state index in [1.807, 2.05) is 60.0 Å². The molecule has 0 aliphatic heterocycles. The number of amides is 1. The van der Waals surface area contributed by atoms with E-state index in [1.165, 1.54) is 5.56 Å². The molecule has 0 spiro atoms. The lowest BCUT2D eigenvalue weighted by atomic mass is 9.75. The van der Waals surface area contributed by atoms with E-state index in [4.69, 9.17) is 0 Å². The molecule has 3 aromatic rings. The van der Waals surface area contributed by atoms with Crippen LogP contribution in [0.15, 0.2) is 48.5 Å². The minimum absolute atomic E-state index is 0.220. The molecule has 3 N–H and O–H groups in total. The van der Waals surface area contributed by atoms with E-state index >= 15 is 0 Å². The number of nitrogens with zero attached hydrogens (tertiary/aromatic N) is 2. The van der Waals surface area contributed by atoms with Crippen LogP contribution in [0.5, 0.6) is 0 Å². The van der Waals surface area contributed by atoms with Gasteiger partial charge in [0.2, 0.25) is 5.91 Å². The third-order valence-corrected chi connectivity index (χ3v) is 4.97. The fraction of sp³-hybridized carbons (Fsp3) is 0.333. The highest BCUT2D eigenvalue weighted by Gasteiger charge is 2.25. The quantitative estimate of drug-likeness (QED) is 0.523. The van der Waals surface area contributed by atoms with Crippen molar-refractivity contribution in [1.29, 1.82) is 0 Å². The van der Waals surface area contributed by atoms with Crippen LogP contribution in [0.25, 0.3) is 11.0 Å².